The first-order valence-corrected chi connectivity index (χ1v) is 13.1. The van der Waals surface area contributed by atoms with Gasteiger partial charge in [-0.1, -0.05) is 0 Å². The number of aliphatic hydroxyl groups excluding tert-OH is 5. The molecule has 8 atom stereocenters. The van der Waals surface area contributed by atoms with Gasteiger partial charge in [0.2, 0.25) is 0 Å². The Labute approximate surface area is 261 Å². The summed E-state index contributed by atoms with van der Waals surface area (Å²) in [6, 6.07) is 0. The molecule has 22 heteroatoms. The third-order valence-corrected chi connectivity index (χ3v) is 7.57. The van der Waals surface area contributed by atoms with Crippen LogP contribution >= 0.6 is 15.6 Å². The van der Waals surface area contributed by atoms with Crippen LogP contribution in [0, 0.1) is 6.92 Å². The van der Waals surface area contributed by atoms with E-state index in [9.17, 15) is 49.0 Å². The van der Waals surface area contributed by atoms with Crippen molar-refractivity contribution < 1.29 is 129 Å². The second-order valence-electron chi connectivity index (χ2n) is 7.66. The molecule has 0 aliphatic carbocycles. The first-order valence-electron chi connectivity index (χ1n) is 10.1. The maximum absolute atomic E-state index is 12.9. The number of carbonyl (C=O) groups excluding carboxylic acids is 1. The Kier molecular flexibility index (Phi) is 16.3. The third-order valence-electron chi connectivity index (χ3n) is 4.93. The molecule has 0 saturated carbocycles. The Bertz CT molecular complexity index is 1140. The minimum Gasteiger partial charge on any atom is -1.00 e. The summed E-state index contributed by atoms with van der Waals surface area (Å²) >= 11 is 0. The molecule has 0 aromatic carbocycles. The van der Waals surface area contributed by atoms with E-state index in [1.54, 1.807) is 0 Å². The number of phosphoric ester groups is 1. The summed E-state index contributed by atoms with van der Waals surface area (Å²) in [5.41, 5.74) is -1.36. The van der Waals surface area contributed by atoms with Crippen LogP contribution in [0.25, 0.3) is 0 Å². The van der Waals surface area contributed by atoms with Gasteiger partial charge in [-0.3, -0.25) is 23.4 Å². The average Bonchev–Trinajstić information content (AvgIpc) is 3.16. The summed E-state index contributed by atoms with van der Waals surface area (Å²) in [6.07, 6.45) is -12.1. The SMILES string of the molecule is Cc1cn([C@H]2C[C@H](O)[C@@H](COP(=O)(O[C@H](CO)[C@@H](O)[C@H](O)[C@@H](O)C=O)OP(=O)(O)O)O2)c(=O)[nH]c1=O.[H-].[H-].[Na+].[Na+]. The van der Waals surface area contributed by atoms with Crippen molar-refractivity contribution in [3.05, 3.63) is 32.6 Å². The van der Waals surface area contributed by atoms with Crippen molar-refractivity contribution in [3.8, 4) is 0 Å². The predicted octanol–water partition coefficient (Wildman–Crippen LogP) is -9.38. The molecule has 8 N–H and O–H groups in total. The molecule has 2 rings (SSSR count). The number of nitrogens with zero attached hydrogens (tertiary/aromatic N) is 1. The van der Waals surface area contributed by atoms with Crippen LogP contribution in [0.2, 0.25) is 0 Å². The molecule has 1 saturated heterocycles. The van der Waals surface area contributed by atoms with Crippen molar-refractivity contribution in [2.45, 2.75) is 56.2 Å². The van der Waals surface area contributed by atoms with Crippen LogP contribution in [0.4, 0.5) is 0 Å². The van der Waals surface area contributed by atoms with E-state index in [-0.39, 0.29) is 80.2 Å². The zero-order chi connectivity index (χ0) is 27.4. The van der Waals surface area contributed by atoms with Crippen LogP contribution in [0.1, 0.15) is 21.1 Å². The second-order valence-corrected chi connectivity index (χ2v) is 10.7. The normalized spacial score (nSPS) is 24.3. The molecule has 0 radical (unpaired) electrons. The summed E-state index contributed by atoms with van der Waals surface area (Å²) in [5.74, 6) is 0. The van der Waals surface area contributed by atoms with E-state index in [0.29, 0.717) is 0 Å². The Balaban J connectivity index is -0.00000342. The number of hydrogen-bond donors (Lipinski definition) is 8. The van der Waals surface area contributed by atoms with E-state index >= 15 is 0 Å². The zero-order valence-electron chi connectivity index (χ0n) is 22.5. The van der Waals surface area contributed by atoms with Gasteiger partial charge in [0.15, 0.2) is 6.29 Å². The van der Waals surface area contributed by atoms with Crippen LogP contribution in [0.15, 0.2) is 15.8 Å². The summed E-state index contributed by atoms with van der Waals surface area (Å²) in [6.45, 7) is -0.786. The largest absolute Gasteiger partial charge is 1.00 e. The molecule has 1 aromatic heterocycles. The zero-order valence-corrected chi connectivity index (χ0v) is 26.3. The molecule has 38 heavy (non-hydrogen) atoms. The molecule has 1 aromatic rings. The van der Waals surface area contributed by atoms with Crippen LogP contribution < -0.4 is 70.4 Å². The van der Waals surface area contributed by atoms with Crippen molar-refractivity contribution in [1.29, 1.82) is 0 Å². The predicted molar refractivity (Wildman–Crippen MR) is 116 cm³/mol. The fraction of sp³-hybridized carbons (Fsp3) is 0.688. The van der Waals surface area contributed by atoms with Gasteiger partial charge in [-0.2, -0.15) is 4.31 Å². The van der Waals surface area contributed by atoms with Gasteiger partial charge in [0, 0.05) is 18.2 Å². The average molecular weight is 612 g/mol. The van der Waals surface area contributed by atoms with Gasteiger partial charge in [-0.25, -0.2) is 13.9 Å². The van der Waals surface area contributed by atoms with E-state index in [1.165, 1.54) is 13.1 Å². The molecule has 1 aliphatic heterocycles. The third kappa shape index (κ3) is 10.6. The molecule has 0 bridgehead atoms. The summed E-state index contributed by atoms with van der Waals surface area (Å²) < 4.78 is 44.2. The quantitative estimate of drug-likeness (QED) is 0.0583. The van der Waals surface area contributed by atoms with Crippen LogP contribution in [-0.4, -0.2) is 101 Å². The number of rotatable bonds is 13. The Hall–Kier alpha value is 0.370. The minimum atomic E-state index is -5.61. The van der Waals surface area contributed by atoms with Crippen LogP contribution in [-0.2, 0) is 32.0 Å². The van der Waals surface area contributed by atoms with E-state index in [1.807, 2.05) is 4.98 Å². The molecule has 210 valence electrons. The summed E-state index contributed by atoms with van der Waals surface area (Å²) in [7, 11) is -11.0. The van der Waals surface area contributed by atoms with Crippen LogP contribution in [0.5, 0.6) is 0 Å². The van der Waals surface area contributed by atoms with Gasteiger partial charge in [0.25, 0.3) is 5.56 Å². The molecular formula is C16H28N2Na2O16P2. The molecule has 1 unspecified atom stereocenters. The molecule has 1 fully saturated rings. The minimum absolute atomic E-state index is 0. The van der Waals surface area contributed by atoms with Gasteiger partial charge < -0.3 is 47.7 Å². The van der Waals surface area contributed by atoms with Crippen molar-refractivity contribution in [1.82, 2.24) is 9.55 Å². The number of aliphatic hydroxyl groups is 5. The number of nitrogens with one attached hydrogen (secondary N) is 1. The smallest absolute Gasteiger partial charge is 1.00 e. The van der Waals surface area contributed by atoms with Gasteiger partial charge in [0.1, 0.15) is 36.7 Å². The van der Waals surface area contributed by atoms with E-state index in [2.05, 4.69) is 4.31 Å². The number of aldehydes is 1. The molecule has 0 spiro atoms. The number of aryl methyl sites for hydroxylation is 1. The fourth-order valence-electron chi connectivity index (χ4n) is 3.08. The Morgan fingerprint density at radius 2 is 1.84 bits per heavy atom. The monoisotopic (exact) mass is 612 g/mol. The Morgan fingerprint density at radius 3 is 2.37 bits per heavy atom. The molecular weight excluding hydrogens is 584 g/mol. The Morgan fingerprint density at radius 1 is 1.24 bits per heavy atom. The topological polar surface area (TPSA) is 285 Å². The first-order chi connectivity index (χ1) is 16.6. The standard InChI is InChI=1S/C16H26N2O16P2.2Na.2H/c1-7-3-18(16(26)17-15(7)25)12-2-8(21)11(32-12)6-31-36(30,34-35(27,28)29)33-10(5-20)14(24)13(23)9(22)4-19;;;;/h3-4,8-14,20-24H,2,5-6H2,1H3,(H,17,25,26)(H2,27,28,29);;;;/q;2*+1;2*-1/t8-,9-,10+,11+,12+,13+,14+,36?;;;;/m0..../s1. The molecule has 18 nitrogen and oxygen atoms in total. The van der Waals surface area contributed by atoms with Gasteiger partial charge in [-0.15, -0.1) is 0 Å². The maximum Gasteiger partial charge on any atom is 1.00 e. The maximum atomic E-state index is 12.9. The van der Waals surface area contributed by atoms with Crippen molar-refractivity contribution in [3.63, 3.8) is 0 Å². The number of phosphoric acid groups is 2. The second kappa shape index (κ2) is 16.1. The number of hydrogen-bond acceptors (Lipinski definition) is 14. The first kappa shape index (κ1) is 38.4. The van der Waals surface area contributed by atoms with Crippen molar-refractivity contribution in [2.24, 2.45) is 0 Å². The van der Waals surface area contributed by atoms with Gasteiger partial charge in [-0.05, 0) is 6.92 Å². The number of aromatic nitrogens is 2. The van der Waals surface area contributed by atoms with Gasteiger partial charge in [0.05, 0.1) is 19.3 Å². The molecule has 1 aliphatic rings. The molecule has 0 amide bonds. The number of ether oxygens (including phenoxy) is 1. The number of aromatic amines is 1. The van der Waals surface area contributed by atoms with Crippen molar-refractivity contribution >= 4 is 21.9 Å². The van der Waals surface area contributed by atoms with E-state index in [4.69, 9.17) is 23.6 Å². The fourth-order valence-corrected chi connectivity index (χ4v) is 5.37. The number of H-pyrrole nitrogens is 1. The van der Waals surface area contributed by atoms with E-state index < -0.39 is 83.0 Å². The number of carbonyl (C=O) groups is 1. The van der Waals surface area contributed by atoms with Gasteiger partial charge >= 0.3 is 80.4 Å². The molecule has 2 heterocycles. The van der Waals surface area contributed by atoms with E-state index in [0.717, 1.165) is 4.57 Å². The summed E-state index contributed by atoms with van der Waals surface area (Å²) in [5, 5.41) is 48.7. The summed E-state index contributed by atoms with van der Waals surface area (Å²) in [4.78, 5) is 54.4. The van der Waals surface area contributed by atoms with Crippen molar-refractivity contribution in [2.75, 3.05) is 13.2 Å². The van der Waals surface area contributed by atoms with Crippen LogP contribution in [0.3, 0.4) is 0 Å².